The molecule has 0 unspecified atom stereocenters. The monoisotopic (exact) mass is 338 g/mol. The van der Waals surface area contributed by atoms with Crippen LogP contribution in [0.2, 0.25) is 0 Å². The van der Waals surface area contributed by atoms with Gasteiger partial charge in [0.15, 0.2) is 0 Å². The first-order chi connectivity index (χ1) is 11.6. The van der Waals surface area contributed by atoms with E-state index in [2.05, 4.69) is 4.98 Å². The molecule has 0 aliphatic rings. The summed E-state index contributed by atoms with van der Waals surface area (Å²) in [6.07, 6.45) is 3.39. The van der Waals surface area contributed by atoms with Crippen molar-refractivity contribution in [2.24, 2.45) is 0 Å². The Morgan fingerprint density at radius 2 is 1.75 bits per heavy atom. The Hall–Kier alpha value is -2.72. The average Bonchev–Trinajstić information content (AvgIpc) is 2.92. The van der Waals surface area contributed by atoms with Gasteiger partial charge in [-0.15, -0.1) is 0 Å². The maximum Gasteiger partial charge on any atom is 0.294 e. The number of halogens is 1. The van der Waals surface area contributed by atoms with Gasteiger partial charge in [-0.25, -0.2) is 0 Å². The molecule has 0 aliphatic heterocycles. The SMILES string of the molecule is Cc1cc(-c2ccccc2)c(C(=O)C(=O)Cl)n1Cc1ccncc1. The van der Waals surface area contributed by atoms with Crippen LogP contribution in [0, 0.1) is 6.92 Å². The normalized spacial score (nSPS) is 10.6. The third-order valence-corrected chi connectivity index (χ3v) is 4.04. The van der Waals surface area contributed by atoms with Crippen LogP contribution in [-0.2, 0) is 11.3 Å². The molecule has 0 bridgehead atoms. The molecule has 24 heavy (non-hydrogen) atoms. The van der Waals surface area contributed by atoms with Crippen molar-refractivity contribution >= 4 is 22.6 Å². The summed E-state index contributed by atoms with van der Waals surface area (Å²) in [5.41, 5.74) is 3.76. The molecular weight excluding hydrogens is 324 g/mol. The molecule has 1 aromatic carbocycles. The molecule has 3 aromatic rings. The molecule has 5 heteroatoms. The van der Waals surface area contributed by atoms with Crippen molar-refractivity contribution in [1.29, 1.82) is 0 Å². The first-order valence-corrected chi connectivity index (χ1v) is 7.84. The van der Waals surface area contributed by atoms with E-state index in [1.807, 2.05) is 60.0 Å². The third kappa shape index (κ3) is 3.14. The lowest BCUT2D eigenvalue weighted by atomic mass is 10.0. The number of hydrogen-bond donors (Lipinski definition) is 0. The van der Waals surface area contributed by atoms with Crippen molar-refractivity contribution < 1.29 is 9.59 Å². The molecule has 0 atom stereocenters. The fourth-order valence-corrected chi connectivity index (χ4v) is 2.82. The highest BCUT2D eigenvalue weighted by molar-refractivity contribution is 6.83. The highest BCUT2D eigenvalue weighted by Crippen LogP contribution is 2.29. The minimum Gasteiger partial charge on any atom is -0.337 e. The molecule has 0 radical (unpaired) electrons. The quantitative estimate of drug-likeness (QED) is 0.403. The highest BCUT2D eigenvalue weighted by Gasteiger charge is 2.24. The maximum absolute atomic E-state index is 12.4. The van der Waals surface area contributed by atoms with Crippen molar-refractivity contribution in [2.45, 2.75) is 13.5 Å². The zero-order valence-electron chi connectivity index (χ0n) is 13.1. The van der Waals surface area contributed by atoms with Gasteiger partial charge in [-0.2, -0.15) is 0 Å². The first kappa shape index (κ1) is 16.1. The van der Waals surface area contributed by atoms with Gasteiger partial charge in [-0.3, -0.25) is 14.6 Å². The summed E-state index contributed by atoms with van der Waals surface area (Å²) in [5.74, 6) is -0.697. The molecule has 0 aliphatic carbocycles. The Balaban J connectivity index is 2.16. The second-order valence-corrected chi connectivity index (χ2v) is 5.80. The van der Waals surface area contributed by atoms with Gasteiger partial charge in [-0.05, 0) is 47.9 Å². The lowest BCUT2D eigenvalue weighted by molar-refractivity contribution is -0.108. The Morgan fingerprint density at radius 1 is 1.08 bits per heavy atom. The van der Waals surface area contributed by atoms with Gasteiger partial charge in [0.25, 0.3) is 11.0 Å². The number of nitrogens with zero attached hydrogens (tertiary/aromatic N) is 2. The number of aromatic nitrogens is 2. The summed E-state index contributed by atoms with van der Waals surface area (Å²) in [4.78, 5) is 28.0. The Kier molecular flexibility index (Phi) is 4.58. The lowest BCUT2D eigenvalue weighted by Crippen LogP contribution is -2.16. The highest BCUT2D eigenvalue weighted by atomic mass is 35.5. The second kappa shape index (κ2) is 6.81. The number of carbonyl (C=O) groups is 2. The topological polar surface area (TPSA) is 52.0 Å². The second-order valence-electron chi connectivity index (χ2n) is 5.46. The predicted octanol–water partition coefficient (Wildman–Crippen LogP) is 3.85. The van der Waals surface area contributed by atoms with Crippen molar-refractivity contribution in [1.82, 2.24) is 9.55 Å². The zero-order chi connectivity index (χ0) is 17.1. The van der Waals surface area contributed by atoms with Crippen LogP contribution in [0.15, 0.2) is 60.9 Å². The van der Waals surface area contributed by atoms with Gasteiger partial charge in [0.1, 0.15) is 5.69 Å². The van der Waals surface area contributed by atoms with E-state index in [0.29, 0.717) is 17.8 Å². The molecule has 3 rings (SSSR count). The van der Waals surface area contributed by atoms with Crippen molar-refractivity contribution in [3.05, 3.63) is 77.9 Å². The van der Waals surface area contributed by atoms with Crippen LogP contribution in [0.25, 0.3) is 11.1 Å². The van der Waals surface area contributed by atoms with E-state index in [1.54, 1.807) is 12.4 Å². The van der Waals surface area contributed by atoms with E-state index >= 15 is 0 Å². The molecule has 4 nitrogen and oxygen atoms in total. The van der Waals surface area contributed by atoms with Gasteiger partial charge < -0.3 is 4.57 Å². The van der Waals surface area contributed by atoms with E-state index < -0.39 is 11.0 Å². The fraction of sp³-hybridized carbons (Fsp3) is 0.105. The summed E-state index contributed by atoms with van der Waals surface area (Å²) in [6.45, 7) is 2.37. The molecule has 0 amide bonds. The molecule has 2 heterocycles. The fourth-order valence-electron chi connectivity index (χ4n) is 2.73. The molecule has 0 spiro atoms. The molecule has 0 N–H and O–H groups in total. The van der Waals surface area contributed by atoms with Crippen LogP contribution in [0.1, 0.15) is 21.7 Å². The van der Waals surface area contributed by atoms with Gasteiger partial charge in [0.2, 0.25) is 0 Å². The van der Waals surface area contributed by atoms with E-state index in [9.17, 15) is 9.59 Å². The van der Waals surface area contributed by atoms with Crippen LogP contribution in [0.5, 0.6) is 0 Å². The van der Waals surface area contributed by atoms with Crippen LogP contribution in [-0.4, -0.2) is 20.6 Å². The standard InChI is InChI=1S/C19H15ClN2O2/c1-13-11-16(15-5-3-2-4-6-15)17(18(23)19(20)24)22(13)12-14-7-9-21-10-8-14/h2-11H,12H2,1H3. The number of benzene rings is 1. The number of ketones is 1. The average molecular weight is 339 g/mol. The summed E-state index contributed by atoms with van der Waals surface area (Å²) in [5, 5.41) is -0.985. The van der Waals surface area contributed by atoms with Crippen molar-refractivity contribution in [2.75, 3.05) is 0 Å². The summed E-state index contributed by atoms with van der Waals surface area (Å²) in [6, 6.07) is 15.1. The van der Waals surface area contributed by atoms with Crippen LogP contribution in [0.3, 0.4) is 0 Å². The molecular formula is C19H15ClN2O2. The van der Waals surface area contributed by atoms with Gasteiger partial charge >= 0.3 is 0 Å². The van der Waals surface area contributed by atoms with Crippen LogP contribution >= 0.6 is 11.6 Å². The minimum atomic E-state index is -0.985. The van der Waals surface area contributed by atoms with Gasteiger partial charge in [0, 0.05) is 30.2 Å². The van der Waals surface area contributed by atoms with Crippen molar-refractivity contribution in [3.8, 4) is 11.1 Å². The summed E-state index contributed by atoms with van der Waals surface area (Å²) in [7, 11) is 0. The van der Waals surface area contributed by atoms with E-state index in [-0.39, 0.29) is 0 Å². The Bertz CT molecular complexity index is 886. The number of rotatable bonds is 5. The van der Waals surface area contributed by atoms with E-state index in [1.165, 1.54) is 0 Å². The molecule has 0 saturated heterocycles. The van der Waals surface area contributed by atoms with Crippen molar-refractivity contribution in [3.63, 3.8) is 0 Å². The van der Waals surface area contributed by atoms with Crippen LogP contribution in [0.4, 0.5) is 0 Å². The van der Waals surface area contributed by atoms with Gasteiger partial charge in [0.05, 0.1) is 0 Å². The summed E-state index contributed by atoms with van der Waals surface area (Å²) < 4.78 is 1.82. The maximum atomic E-state index is 12.4. The molecule has 0 fully saturated rings. The zero-order valence-corrected chi connectivity index (χ0v) is 13.8. The molecule has 0 saturated carbocycles. The lowest BCUT2D eigenvalue weighted by Gasteiger charge is -2.11. The smallest absolute Gasteiger partial charge is 0.294 e. The number of aryl methyl sites for hydroxylation is 1. The third-order valence-electron chi connectivity index (χ3n) is 3.87. The summed E-state index contributed by atoms with van der Waals surface area (Å²) >= 11 is 5.49. The Morgan fingerprint density at radius 3 is 2.38 bits per heavy atom. The Labute approximate surface area is 144 Å². The minimum absolute atomic E-state index is 0.315. The molecule has 120 valence electrons. The number of Topliss-reactive ketones (excluding diaryl/α,β-unsaturated/α-hetero) is 1. The largest absolute Gasteiger partial charge is 0.337 e. The number of hydrogen-bond acceptors (Lipinski definition) is 3. The van der Waals surface area contributed by atoms with E-state index in [4.69, 9.17) is 11.6 Å². The molecule has 2 aromatic heterocycles. The number of pyridine rings is 1. The van der Waals surface area contributed by atoms with Gasteiger partial charge in [-0.1, -0.05) is 30.3 Å². The van der Waals surface area contributed by atoms with E-state index in [0.717, 1.165) is 16.8 Å². The van der Waals surface area contributed by atoms with Crippen LogP contribution < -0.4 is 0 Å². The number of carbonyl (C=O) groups excluding carboxylic acids is 2. The first-order valence-electron chi connectivity index (χ1n) is 7.46. The predicted molar refractivity (Wildman–Crippen MR) is 93.1 cm³/mol.